The molecule has 2 amide bonds. The average Bonchev–Trinajstić information content (AvgIpc) is 3.21. The van der Waals surface area contributed by atoms with Gasteiger partial charge >= 0.3 is 0 Å². The van der Waals surface area contributed by atoms with E-state index in [0.29, 0.717) is 23.6 Å². The van der Waals surface area contributed by atoms with Crippen LogP contribution in [-0.4, -0.2) is 24.2 Å². The Hall–Kier alpha value is -3.25. The number of nitrogens with zero attached hydrogens (tertiary/aromatic N) is 1. The monoisotopic (exact) mass is 460 g/mol. The highest BCUT2D eigenvalue weighted by atomic mass is 32.2. The summed E-state index contributed by atoms with van der Waals surface area (Å²) in [5.41, 5.74) is 4.24. The molecule has 0 radical (unpaired) electrons. The Morgan fingerprint density at radius 3 is 2.64 bits per heavy atom. The molecule has 1 fully saturated rings. The molecule has 6 heteroatoms. The van der Waals surface area contributed by atoms with Crippen LogP contribution in [0.25, 0.3) is 0 Å². The molecule has 1 heterocycles. The van der Waals surface area contributed by atoms with Crippen molar-refractivity contribution >= 4 is 35.0 Å². The van der Waals surface area contributed by atoms with Crippen LogP contribution in [0.15, 0.2) is 72.8 Å². The van der Waals surface area contributed by atoms with Gasteiger partial charge in [0.05, 0.1) is 12.4 Å². The van der Waals surface area contributed by atoms with E-state index < -0.39 is 0 Å². The van der Waals surface area contributed by atoms with E-state index in [0.717, 1.165) is 35.4 Å². The van der Waals surface area contributed by atoms with E-state index in [9.17, 15) is 9.59 Å². The average molecular weight is 461 g/mol. The van der Waals surface area contributed by atoms with Crippen molar-refractivity contribution in [2.75, 3.05) is 22.6 Å². The molecular weight excluding hydrogens is 432 g/mol. The van der Waals surface area contributed by atoms with E-state index in [1.165, 1.54) is 0 Å². The molecule has 1 N–H and O–H groups in total. The number of thioether (sulfide) groups is 1. The Morgan fingerprint density at radius 1 is 1.09 bits per heavy atom. The van der Waals surface area contributed by atoms with Crippen molar-refractivity contribution < 1.29 is 14.3 Å². The van der Waals surface area contributed by atoms with E-state index in [4.69, 9.17) is 4.74 Å². The molecular formula is C27H28N2O3S. The maximum Gasteiger partial charge on any atom is 0.255 e. The summed E-state index contributed by atoms with van der Waals surface area (Å²) in [6.45, 7) is 4.82. The van der Waals surface area contributed by atoms with Gasteiger partial charge in [-0.3, -0.25) is 14.5 Å². The summed E-state index contributed by atoms with van der Waals surface area (Å²) >= 11 is 1.60. The topological polar surface area (TPSA) is 58.6 Å². The first-order chi connectivity index (χ1) is 16.0. The lowest BCUT2D eigenvalue weighted by molar-refractivity contribution is -0.115. The summed E-state index contributed by atoms with van der Waals surface area (Å²) in [5.74, 6) is 1.10. The molecule has 1 saturated heterocycles. The molecule has 3 aromatic carbocycles. The summed E-state index contributed by atoms with van der Waals surface area (Å²) < 4.78 is 5.67. The van der Waals surface area contributed by atoms with Crippen LogP contribution in [0.5, 0.6) is 5.75 Å². The van der Waals surface area contributed by atoms with Gasteiger partial charge in [0.1, 0.15) is 11.1 Å². The quantitative estimate of drug-likeness (QED) is 0.406. The SMILES string of the molecule is CCCCOc1ccc(C(=O)Nc2cccc(C3SCC(=O)N3c3cccc(C)c3)c2)cc1. The van der Waals surface area contributed by atoms with E-state index in [-0.39, 0.29) is 17.2 Å². The molecule has 4 rings (SSSR count). The van der Waals surface area contributed by atoms with Gasteiger partial charge in [0.25, 0.3) is 5.91 Å². The minimum atomic E-state index is -0.182. The molecule has 5 nitrogen and oxygen atoms in total. The predicted molar refractivity (Wildman–Crippen MR) is 135 cm³/mol. The third-order valence-corrected chi connectivity index (χ3v) is 6.67. The number of amides is 2. The molecule has 0 spiro atoms. The van der Waals surface area contributed by atoms with Crippen molar-refractivity contribution in [1.82, 2.24) is 0 Å². The van der Waals surface area contributed by atoms with Gasteiger partial charge in [-0.25, -0.2) is 0 Å². The minimum absolute atomic E-state index is 0.0892. The van der Waals surface area contributed by atoms with Crippen molar-refractivity contribution in [3.05, 3.63) is 89.5 Å². The van der Waals surface area contributed by atoms with Crippen LogP contribution in [0.4, 0.5) is 11.4 Å². The summed E-state index contributed by atoms with van der Waals surface area (Å²) in [7, 11) is 0. The summed E-state index contributed by atoms with van der Waals surface area (Å²) in [6, 6.07) is 22.9. The van der Waals surface area contributed by atoms with Crippen molar-refractivity contribution in [1.29, 1.82) is 0 Å². The largest absolute Gasteiger partial charge is 0.494 e. The molecule has 3 aromatic rings. The molecule has 1 unspecified atom stereocenters. The van der Waals surface area contributed by atoms with Crippen molar-refractivity contribution in [3.8, 4) is 5.75 Å². The van der Waals surface area contributed by atoms with Crippen LogP contribution < -0.4 is 15.0 Å². The minimum Gasteiger partial charge on any atom is -0.494 e. The number of carbonyl (C=O) groups excluding carboxylic acids is 2. The number of hydrogen-bond acceptors (Lipinski definition) is 4. The molecule has 1 aliphatic rings. The third-order valence-electron chi connectivity index (χ3n) is 5.46. The maximum absolute atomic E-state index is 12.8. The van der Waals surface area contributed by atoms with Gasteiger partial charge in [0.2, 0.25) is 5.91 Å². The maximum atomic E-state index is 12.8. The molecule has 0 saturated carbocycles. The zero-order valence-electron chi connectivity index (χ0n) is 18.9. The molecule has 33 heavy (non-hydrogen) atoms. The number of benzene rings is 3. The Kier molecular flexibility index (Phi) is 7.35. The van der Waals surface area contributed by atoms with Crippen LogP contribution in [-0.2, 0) is 4.79 Å². The van der Waals surface area contributed by atoms with E-state index >= 15 is 0 Å². The number of rotatable bonds is 8. The van der Waals surface area contributed by atoms with Gasteiger partial charge in [-0.15, -0.1) is 11.8 Å². The van der Waals surface area contributed by atoms with Crippen molar-refractivity contribution in [2.24, 2.45) is 0 Å². The Bertz CT molecular complexity index is 1130. The van der Waals surface area contributed by atoms with Crippen molar-refractivity contribution in [2.45, 2.75) is 32.1 Å². The fraction of sp³-hybridized carbons (Fsp3) is 0.259. The van der Waals surface area contributed by atoms with Gasteiger partial charge in [0.15, 0.2) is 0 Å². The smallest absolute Gasteiger partial charge is 0.255 e. The number of nitrogens with one attached hydrogen (secondary N) is 1. The highest BCUT2D eigenvalue weighted by Gasteiger charge is 2.34. The Labute approximate surface area is 199 Å². The number of ether oxygens (including phenoxy) is 1. The number of aryl methyl sites for hydroxylation is 1. The normalized spacial score (nSPS) is 15.5. The Balaban J connectivity index is 1.47. The molecule has 0 bridgehead atoms. The summed E-state index contributed by atoms with van der Waals surface area (Å²) in [5, 5.41) is 2.85. The Morgan fingerprint density at radius 2 is 1.88 bits per heavy atom. The first kappa shape index (κ1) is 22.9. The van der Waals surface area contributed by atoms with Crippen molar-refractivity contribution in [3.63, 3.8) is 0 Å². The summed E-state index contributed by atoms with van der Waals surface area (Å²) in [6.07, 6.45) is 2.08. The third kappa shape index (κ3) is 5.57. The number of carbonyl (C=O) groups is 2. The second-order valence-corrected chi connectivity index (χ2v) is 9.14. The fourth-order valence-electron chi connectivity index (χ4n) is 3.74. The van der Waals surface area contributed by atoms with Crippen LogP contribution >= 0.6 is 11.8 Å². The van der Waals surface area contributed by atoms with Gasteiger partial charge in [-0.1, -0.05) is 37.6 Å². The lowest BCUT2D eigenvalue weighted by atomic mass is 10.1. The molecule has 1 aliphatic heterocycles. The van der Waals surface area contributed by atoms with E-state index in [1.807, 2.05) is 72.5 Å². The highest BCUT2D eigenvalue weighted by Crippen LogP contribution is 2.42. The second kappa shape index (κ2) is 10.6. The molecule has 1 atom stereocenters. The van der Waals surface area contributed by atoms with Gasteiger partial charge in [0, 0.05) is 16.9 Å². The van der Waals surface area contributed by atoms with Gasteiger partial charge in [-0.05, 0) is 73.0 Å². The van der Waals surface area contributed by atoms with Gasteiger partial charge < -0.3 is 10.1 Å². The number of anilines is 2. The van der Waals surface area contributed by atoms with Crippen LogP contribution in [0, 0.1) is 6.92 Å². The predicted octanol–water partition coefficient (Wildman–Crippen LogP) is 6.20. The first-order valence-corrected chi connectivity index (χ1v) is 12.2. The zero-order valence-corrected chi connectivity index (χ0v) is 19.7. The van der Waals surface area contributed by atoms with Crippen LogP contribution in [0.3, 0.4) is 0 Å². The second-order valence-electron chi connectivity index (χ2n) is 8.07. The molecule has 0 aromatic heterocycles. The highest BCUT2D eigenvalue weighted by molar-refractivity contribution is 8.00. The lowest BCUT2D eigenvalue weighted by Gasteiger charge is -2.25. The molecule has 0 aliphatic carbocycles. The van der Waals surface area contributed by atoms with Crippen LogP contribution in [0.1, 0.15) is 46.6 Å². The fourth-order valence-corrected chi connectivity index (χ4v) is 4.90. The first-order valence-electron chi connectivity index (χ1n) is 11.2. The number of unbranched alkanes of at least 4 members (excludes halogenated alkanes) is 1. The standard InChI is InChI=1S/C27H28N2O3S/c1-3-4-15-32-24-13-11-20(12-14-24)26(31)28-22-9-6-8-21(17-22)27-29(25(30)18-33-27)23-10-5-7-19(2)16-23/h5-14,16-17,27H,3-4,15,18H2,1-2H3,(H,28,31). The van der Waals surface area contributed by atoms with Crippen LogP contribution in [0.2, 0.25) is 0 Å². The van der Waals surface area contributed by atoms with Gasteiger partial charge in [-0.2, -0.15) is 0 Å². The lowest BCUT2D eigenvalue weighted by Crippen LogP contribution is -2.27. The number of hydrogen-bond donors (Lipinski definition) is 1. The van der Waals surface area contributed by atoms with E-state index in [1.54, 1.807) is 23.9 Å². The summed E-state index contributed by atoms with van der Waals surface area (Å²) in [4.78, 5) is 27.3. The van der Waals surface area contributed by atoms with E-state index in [2.05, 4.69) is 12.2 Å². The molecule has 170 valence electrons. The zero-order chi connectivity index (χ0) is 23.2.